The topological polar surface area (TPSA) is 58.0 Å². The van der Waals surface area contributed by atoms with Gasteiger partial charge in [0.05, 0.1) is 27.9 Å². The molecular weight excluding hydrogens is 391 g/mol. The first-order chi connectivity index (χ1) is 14.1. The van der Waals surface area contributed by atoms with E-state index in [2.05, 4.69) is 21.9 Å². The molecule has 0 bridgehead atoms. The summed E-state index contributed by atoms with van der Waals surface area (Å²) in [6, 6.07) is 10.2. The van der Waals surface area contributed by atoms with E-state index in [-0.39, 0.29) is 5.02 Å². The second-order valence-electron chi connectivity index (χ2n) is 7.58. The second-order valence-corrected chi connectivity index (χ2v) is 7.99. The van der Waals surface area contributed by atoms with Gasteiger partial charge in [-0.1, -0.05) is 11.6 Å². The number of nitrogens with zero attached hydrogens (tertiary/aromatic N) is 3. The Morgan fingerprint density at radius 3 is 2.72 bits per heavy atom. The molecule has 0 unspecified atom stereocenters. The predicted molar refractivity (Wildman–Crippen MR) is 111 cm³/mol. The Bertz CT molecular complexity index is 1180. The van der Waals surface area contributed by atoms with E-state index in [1.165, 1.54) is 6.07 Å². The number of hydrogen-bond acceptors (Lipinski definition) is 4. The molecule has 148 valence electrons. The lowest BCUT2D eigenvalue weighted by molar-refractivity contribution is 0.251. The van der Waals surface area contributed by atoms with Crippen LogP contribution in [0.5, 0.6) is 0 Å². The lowest BCUT2D eigenvalue weighted by atomic mass is 9.96. The van der Waals surface area contributed by atoms with Gasteiger partial charge in [-0.15, -0.1) is 0 Å². The summed E-state index contributed by atoms with van der Waals surface area (Å²) < 4.78 is 19.4. The molecule has 0 spiro atoms. The molecule has 0 radical (unpaired) electrons. The molecule has 29 heavy (non-hydrogen) atoms. The summed E-state index contributed by atoms with van der Waals surface area (Å²) in [4.78, 5) is 15.0. The molecule has 1 saturated heterocycles. The van der Waals surface area contributed by atoms with Crippen molar-refractivity contribution in [3.05, 3.63) is 59.3 Å². The normalized spacial score (nSPS) is 16.0. The number of fused-ring (bicyclic) bond motifs is 1. The molecule has 3 aromatic heterocycles. The number of rotatable bonds is 3. The number of aromatic nitrogens is 3. The van der Waals surface area contributed by atoms with E-state index in [9.17, 15) is 4.39 Å². The smallest absolute Gasteiger partial charge is 0.151 e. The molecule has 0 atom stereocenters. The van der Waals surface area contributed by atoms with E-state index in [0.717, 1.165) is 54.0 Å². The van der Waals surface area contributed by atoms with Crippen molar-refractivity contribution in [2.24, 2.45) is 0 Å². The van der Waals surface area contributed by atoms with E-state index in [1.54, 1.807) is 12.1 Å². The van der Waals surface area contributed by atoms with E-state index >= 15 is 0 Å². The number of likely N-dealkylation sites (tertiary alicyclic amines) is 1. The Labute approximate surface area is 172 Å². The molecule has 1 aromatic carbocycles. The van der Waals surface area contributed by atoms with Crippen LogP contribution in [0.2, 0.25) is 5.02 Å². The van der Waals surface area contributed by atoms with Crippen molar-refractivity contribution >= 4 is 22.6 Å². The summed E-state index contributed by atoms with van der Waals surface area (Å²) in [5, 5.41) is 0.0720. The van der Waals surface area contributed by atoms with Gasteiger partial charge in [0.25, 0.3) is 0 Å². The maximum Gasteiger partial charge on any atom is 0.151 e. The Morgan fingerprint density at radius 1 is 1.14 bits per heavy atom. The highest BCUT2D eigenvalue weighted by Gasteiger charge is 2.21. The van der Waals surface area contributed by atoms with Crippen molar-refractivity contribution in [1.82, 2.24) is 19.9 Å². The average Bonchev–Trinajstić information content (AvgIpc) is 3.37. The van der Waals surface area contributed by atoms with Crippen molar-refractivity contribution in [2.45, 2.75) is 18.8 Å². The summed E-state index contributed by atoms with van der Waals surface area (Å²) in [6.07, 6.45) is 4.02. The third-order valence-electron chi connectivity index (χ3n) is 5.55. The van der Waals surface area contributed by atoms with Crippen LogP contribution in [0.25, 0.3) is 33.8 Å². The lowest BCUT2D eigenvalue weighted by Gasteiger charge is -2.27. The summed E-state index contributed by atoms with van der Waals surface area (Å²) in [5.41, 5.74) is 3.31. The summed E-state index contributed by atoms with van der Waals surface area (Å²) in [5.74, 6) is 2.18. The largest absolute Gasteiger partial charge is 0.455 e. The molecule has 1 fully saturated rings. The summed E-state index contributed by atoms with van der Waals surface area (Å²) in [6.45, 7) is 2.15. The van der Waals surface area contributed by atoms with Crippen LogP contribution in [-0.2, 0) is 0 Å². The zero-order chi connectivity index (χ0) is 20.0. The van der Waals surface area contributed by atoms with Gasteiger partial charge in [-0.2, -0.15) is 0 Å². The molecular formula is C22H20ClFN4O. The van der Waals surface area contributed by atoms with Gasteiger partial charge in [-0.3, -0.25) is 0 Å². The maximum absolute atomic E-state index is 13.4. The monoisotopic (exact) mass is 410 g/mol. The Kier molecular flexibility index (Phi) is 4.60. The molecule has 4 heterocycles. The third-order valence-corrected chi connectivity index (χ3v) is 5.84. The van der Waals surface area contributed by atoms with Crippen LogP contribution in [0.4, 0.5) is 4.39 Å². The van der Waals surface area contributed by atoms with E-state index in [0.29, 0.717) is 17.4 Å². The van der Waals surface area contributed by atoms with Gasteiger partial charge < -0.3 is 14.3 Å². The van der Waals surface area contributed by atoms with Gasteiger partial charge >= 0.3 is 0 Å². The Morgan fingerprint density at radius 2 is 1.93 bits per heavy atom. The fourth-order valence-electron chi connectivity index (χ4n) is 3.82. The van der Waals surface area contributed by atoms with Crippen LogP contribution in [0, 0.1) is 5.82 Å². The quantitative estimate of drug-likeness (QED) is 0.485. The summed E-state index contributed by atoms with van der Waals surface area (Å²) >= 11 is 5.89. The van der Waals surface area contributed by atoms with Gasteiger partial charge in [0.1, 0.15) is 17.4 Å². The SMILES string of the molecule is CN1CCC(c2ncc3[nH]c(-c4ccc(-c5ccc(F)c(Cl)c5)o4)cc3n2)CC1. The van der Waals surface area contributed by atoms with E-state index in [1.807, 2.05) is 24.4 Å². The third kappa shape index (κ3) is 3.54. The van der Waals surface area contributed by atoms with Crippen LogP contribution in [0.15, 0.2) is 47.0 Å². The molecule has 5 nitrogen and oxygen atoms in total. The van der Waals surface area contributed by atoms with Crippen LogP contribution in [0.1, 0.15) is 24.6 Å². The van der Waals surface area contributed by atoms with Crippen LogP contribution < -0.4 is 0 Å². The van der Waals surface area contributed by atoms with Gasteiger partial charge in [-0.05, 0) is 69.4 Å². The minimum atomic E-state index is -0.447. The van der Waals surface area contributed by atoms with Crippen molar-refractivity contribution in [3.63, 3.8) is 0 Å². The number of piperidine rings is 1. The minimum absolute atomic E-state index is 0.0720. The fourth-order valence-corrected chi connectivity index (χ4v) is 4.00. The Balaban J connectivity index is 1.43. The van der Waals surface area contributed by atoms with Crippen molar-refractivity contribution in [3.8, 4) is 22.8 Å². The molecule has 1 N–H and O–H groups in total. The highest BCUT2D eigenvalue weighted by Crippen LogP contribution is 2.32. The fraction of sp³-hybridized carbons (Fsp3) is 0.273. The van der Waals surface area contributed by atoms with E-state index < -0.39 is 5.82 Å². The zero-order valence-corrected chi connectivity index (χ0v) is 16.7. The van der Waals surface area contributed by atoms with Crippen molar-refractivity contribution < 1.29 is 8.81 Å². The van der Waals surface area contributed by atoms with Crippen molar-refractivity contribution in [1.29, 1.82) is 0 Å². The molecule has 1 aliphatic heterocycles. The summed E-state index contributed by atoms with van der Waals surface area (Å²) in [7, 11) is 2.15. The number of H-pyrrole nitrogens is 1. The number of halogens is 2. The maximum atomic E-state index is 13.4. The highest BCUT2D eigenvalue weighted by molar-refractivity contribution is 6.31. The minimum Gasteiger partial charge on any atom is -0.455 e. The molecule has 5 rings (SSSR count). The number of furan rings is 1. The molecule has 0 amide bonds. The van der Waals surface area contributed by atoms with Crippen molar-refractivity contribution in [2.75, 3.05) is 20.1 Å². The first-order valence-corrected chi connectivity index (χ1v) is 10.0. The van der Waals surface area contributed by atoms with Crippen LogP contribution in [-0.4, -0.2) is 40.0 Å². The lowest BCUT2D eigenvalue weighted by Crippen LogP contribution is -2.29. The molecule has 1 aliphatic rings. The molecule has 7 heteroatoms. The second kappa shape index (κ2) is 7.28. The molecule has 4 aromatic rings. The van der Waals surface area contributed by atoms with Gasteiger partial charge in [0, 0.05) is 11.5 Å². The van der Waals surface area contributed by atoms with Crippen LogP contribution >= 0.6 is 11.6 Å². The zero-order valence-electron chi connectivity index (χ0n) is 16.0. The van der Waals surface area contributed by atoms with Crippen LogP contribution in [0.3, 0.4) is 0 Å². The average molecular weight is 411 g/mol. The molecule has 0 saturated carbocycles. The van der Waals surface area contributed by atoms with Gasteiger partial charge in [0.2, 0.25) is 0 Å². The first kappa shape index (κ1) is 18.3. The number of nitrogens with one attached hydrogen (secondary N) is 1. The first-order valence-electron chi connectivity index (χ1n) is 9.66. The van der Waals surface area contributed by atoms with Gasteiger partial charge in [-0.25, -0.2) is 14.4 Å². The number of hydrogen-bond donors (Lipinski definition) is 1. The van der Waals surface area contributed by atoms with Gasteiger partial charge in [0.15, 0.2) is 5.76 Å². The Hall–Kier alpha value is -2.70. The standard InChI is InChI=1S/C22H20ClFN4O/c1-28-8-6-13(7-9-28)22-25-12-19-17(27-22)11-18(26-19)21-5-4-20(29-21)14-2-3-16(24)15(23)10-14/h2-5,10-13,26H,6-9H2,1H3. The molecule has 0 aliphatic carbocycles. The number of aromatic amines is 1. The van der Waals surface area contributed by atoms with E-state index in [4.69, 9.17) is 21.0 Å². The highest BCUT2D eigenvalue weighted by atomic mass is 35.5. The number of benzene rings is 1. The predicted octanol–water partition coefficient (Wildman–Crippen LogP) is 5.49.